The van der Waals surface area contributed by atoms with Gasteiger partial charge in [-0.1, -0.05) is 36.3 Å². The molecule has 2 aliphatic heterocycles. The molecule has 0 spiro atoms. The number of carbonyl (C=O) groups is 1. The van der Waals surface area contributed by atoms with Gasteiger partial charge in [0.25, 0.3) is 5.91 Å². The van der Waals surface area contributed by atoms with Gasteiger partial charge in [0.15, 0.2) is 0 Å². The molecule has 0 aliphatic carbocycles. The van der Waals surface area contributed by atoms with E-state index in [0.29, 0.717) is 6.04 Å². The Hall–Kier alpha value is -2.12. The average molecular weight is 366 g/mol. The van der Waals surface area contributed by atoms with Crippen molar-refractivity contribution in [1.82, 2.24) is 19.7 Å². The first-order valence-corrected chi connectivity index (χ1v) is 9.93. The zero-order valence-electron chi connectivity index (χ0n) is 15.1. The van der Waals surface area contributed by atoms with Gasteiger partial charge in [0.1, 0.15) is 12.9 Å². The maximum atomic E-state index is 12.5. The maximum absolute atomic E-state index is 12.5. The van der Waals surface area contributed by atoms with Crippen LogP contribution in [-0.2, 0) is 0 Å². The molecule has 0 saturated carbocycles. The number of rotatable bonds is 4. The van der Waals surface area contributed by atoms with Gasteiger partial charge < -0.3 is 9.80 Å². The predicted molar refractivity (Wildman–Crippen MR) is 109 cm³/mol. The second kappa shape index (κ2) is 7.25. The normalized spacial score (nSPS) is 18.6. The van der Waals surface area contributed by atoms with Crippen molar-refractivity contribution < 1.29 is 4.79 Å². The van der Waals surface area contributed by atoms with Crippen LogP contribution in [0, 0.1) is 0 Å². The molecular formula is C19H23BN4OS. The zero-order chi connectivity index (χ0) is 18.1. The SMILES string of the molecule is Bc1ccc(C(=O)N2CC(N3CCN(C(=C)c4nccs4)CC3)C2)cc1. The number of hydrogen-bond acceptors (Lipinski definition) is 5. The quantitative estimate of drug-likeness (QED) is 0.740. The Kier molecular flexibility index (Phi) is 4.83. The standard InChI is InChI=1S/C19H23BN4OS/c1-14(18-21-6-11-26-18)22-7-9-23(10-8-22)17-12-24(13-17)19(25)15-2-4-16(20)5-3-15/h2-6,11,17H,1,7-10,12-13,20H2. The third-order valence-electron chi connectivity index (χ3n) is 5.34. The van der Waals surface area contributed by atoms with E-state index in [4.69, 9.17) is 0 Å². The van der Waals surface area contributed by atoms with Crippen LogP contribution in [0.15, 0.2) is 42.4 Å². The van der Waals surface area contributed by atoms with Gasteiger partial charge in [0.05, 0.1) is 5.70 Å². The van der Waals surface area contributed by atoms with Crippen molar-refractivity contribution >= 4 is 36.3 Å². The smallest absolute Gasteiger partial charge is 0.253 e. The average Bonchev–Trinajstić information content (AvgIpc) is 3.15. The first kappa shape index (κ1) is 17.3. The molecule has 3 heterocycles. The zero-order valence-corrected chi connectivity index (χ0v) is 15.9. The van der Waals surface area contributed by atoms with Crippen molar-refractivity contribution in [3.05, 3.63) is 53.0 Å². The number of benzene rings is 1. The number of amides is 1. The van der Waals surface area contributed by atoms with Gasteiger partial charge in [-0.2, -0.15) is 0 Å². The van der Waals surface area contributed by atoms with Gasteiger partial charge >= 0.3 is 0 Å². The summed E-state index contributed by atoms with van der Waals surface area (Å²) in [6, 6.07) is 8.33. The van der Waals surface area contributed by atoms with Crippen molar-refractivity contribution in [1.29, 1.82) is 0 Å². The van der Waals surface area contributed by atoms with Crippen LogP contribution in [0.2, 0.25) is 0 Å². The van der Waals surface area contributed by atoms with Gasteiger partial charge in [-0.15, -0.1) is 11.3 Å². The molecule has 2 aromatic rings. The van der Waals surface area contributed by atoms with Crippen molar-refractivity contribution in [2.75, 3.05) is 39.3 Å². The van der Waals surface area contributed by atoms with E-state index in [9.17, 15) is 4.79 Å². The highest BCUT2D eigenvalue weighted by atomic mass is 32.1. The van der Waals surface area contributed by atoms with Crippen LogP contribution < -0.4 is 5.46 Å². The molecule has 2 aliphatic rings. The third kappa shape index (κ3) is 3.41. The van der Waals surface area contributed by atoms with E-state index in [1.807, 2.05) is 48.6 Å². The molecule has 0 radical (unpaired) electrons. The molecule has 1 aromatic carbocycles. The van der Waals surface area contributed by atoms with Gasteiger partial charge in [-0.3, -0.25) is 9.69 Å². The molecule has 0 unspecified atom stereocenters. The minimum absolute atomic E-state index is 0.150. The summed E-state index contributed by atoms with van der Waals surface area (Å²) in [5.74, 6) is 0.150. The Bertz CT molecular complexity index is 778. The van der Waals surface area contributed by atoms with Crippen LogP contribution in [0.1, 0.15) is 15.4 Å². The second-order valence-electron chi connectivity index (χ2n) is 7.04. The molecule has 0 N–H and O–H groups in total. The summed E-state index contributed by atoms with van der Waals surface area (Å²) in [4.78, 5) is 23.7. The lowest BCUT2D eigenvalue weighted by Crippen LogP contribution is -2.64. The van der Waals surface area contributed by atoms with E-state index in [1.165, 1.54) is 5.46 Å². The van der Waals surface area contributed by atoms with Gasteiger partial charge in [0.2, 0.25) is 0 Å². The Labute approximate surface area is 159 Å². The van der Waals surface area contributed by atoms with E-state index >= 15 is 0 Å². The molecule has 0 atom stereocenters. The molecule has 1 amide bonds. The largest absolute Gasteiger partial charge is 0.367 e. The summed E-state index contributed by atoms with van der Waals surface area (Å²) >= 11 is 1.64. The molecule has 1 aromatic heterocycles. The summed E-state index contributed by atoms with van der Waals surface area (Å²) in [5.41, 5.74) is 3.00. The third-order valence-corrected chi connectivity index (χ3v) is 6.16. The first-order chi connectivity index (χ1) is 12.6. The molecule has 26 heavy (non-hydrogen) atoms. The van der Waals surface area contributed by atoms with E-state index in [-0.39, 0.29) is 5.91 Å². The Morgan fingerprint density at radius 3 is 2.42 bits per heavy atom. The molecule has 2 fully saturated rings. The van der Waals surface area contributed by atoms with Crippen LogP contribution in [0.4, 0.5) is 0 Å². The van der Waals surface area contributed by atoms with E-state index in [1.54, 1.807) is 11.3 Å². The fourth-order valence-corrected chi connectivity index (χ4v) is 4.23. The molecule has 0 bridgehead atoms. The Morgan fingerprint density at radius 1 is 1.12 bits per heavy atom. The minimum Gasteiger partial charge on any atom is -0.367 e. The lowest BCUT2D eigenvalue weighted by atomic mass is 9.94. The number of piperazine rings is 1. The van der Waals surface area contributed by atoms with Crippen LogP contribution in [-0.4, -0.2) is 78.7 Å². The Balaban J connectivity index is 1.26. The van der Waals surface area contributed by atoms with Crippen LogP contribution in [0.25, 0.3) is 5.70 Å². The number of thiazole rings is 1. The lowest BCUT2D eigenvalue weighted by molar-refractivity contribution is 0.0144. The predicted octanol–water partition coefficient (Wildman–Crippen LogP) is 0.514. The molecule has 7 heteroatoms. The van der Waals surface area contributed by atoms with E-state index in [0.717, 1.165) is 55.5 Å². The van der Waals surface area contributed by atoms with Crippen molar-refractivity contribution in [2.24, 2.45) is 0 Å². The van der Waals surface area contributed by atoms with Crippen LogP contribution >= 0.6 is 11.3 Å². The number of aromatic nitrogens is 1. The highest BCUT2D eigenvalue weighted by Crippen LogP contribution is 2.24. The van der Waals surface area contributed by atoms with Gasteiger partial charge in [0, 0.05) is 62.5 Å². The molecule has 2 saturated heterocycles. The highest BCUT2D eigenvalue weighted by Gasteiger charge is 2.36. The monoisotopic (exact) mass is 366 g/mol. The molecular weight excluding hydrogens is 343 g/mol. The lowest BCUT2D eigenvalue weighted by Gasteiger charge is -2.48. The van der Waals surface area contributed by atoms with E-state index < -0.39 is 0 Å². The summed E-state index contributed by atoms with van der Waals surface area (Å²) in [6.45, 7) is 9.85. The topological polar surface area (TPSA) is 39.7 Å². The summed E-state index contributed by atoms with van der Waals surface area (Å²) < 4.78 is 0. The number of carbonyl (C=O) groups excluding carboxylic acids is 1. The number of nitrogens with zero attached hydrogens (tertiary/aromatic N) is 4. The van der Waals surface area contributed by atoms with E-state index in [2.05, 4.69) is 21.4 Å². The van der Waals surface area contributed by atoms with Crippen molar-refractivity contribution in [3.8, 4) is 0 Å². The summed E-state index contributed by atoms with van der Waals surface area (Å²) in [5, 5.41) is 3.00. The number of hydrogen-bond donors (Lipinski definition) is 0. The van der Waals surface area contributed by atoms with Crippen molar-refractivity contribution in [3.63, 3.8) is 0 Å². The first-order valence-electron chi connectivity index (χ1n) is 9.05. The highest BCUT2D eigenvalue weighted by molar-refractivity contribution is 7.10. The van der Waals surface area contributed by atoms with Crippen LogP contribution in [0.3, 0.4) is 0 Å². The Morgan fingerprint density at radius 2 is 1.81 bits per heavy atom. The summed E-state index contributed by atoms with van der Waals surface area (Å²) in [6.07, 6.45) is 1.83. The van der Waals surface area contributed by atoms with Gasteiger partial charge in [-0.05, 0) is 0 Å². The summed E-state index contributed by atoms with van der Waals surface area (Å²) in [7, 11) is 2.04. The van der Waals surface area contributed by atoms with Crippen molar-refractivity contribution in [2.45, 2.75) is 6.04 Å². The fraction of sp³-hybridized carbons (Fsp3) is 0.368. The number of likely N-dealkylation sites (tertiary alicyclic amines) is 1. The fourth-order valence-electron chi connectivity index (χ4n) is 3.59. The molecule has 4 rings (SSSR count). The minimum atomic E-state index is 0.150. The maximum Gasteiger partial charge on any atom is 0.253 e. The molecule has 134 valence electrons. The van der Waals surface area contributed by atoms with Crippen LogP contribution in [0.5, 0.6) is 0 Å². The molecule has 5 nitrogen and oxygen atoms in total. The van der Waals surface area contributed by atoms with Gasteiger partial charge in [-0.25, -0.2) is 4.98 Å². The second-order valence-corrected chi connectivity index (χ2v) is 7.93.